The summed E-state index contributed by atoms with van der Waals surface area (Å²) in [5, 5.41) is -0.0591. The minimum Gasteiger partial charge on any atom is -0.462 e. The second kappa shape index (κ2) is 32.8. The van der Waals surface area contributed by atoms with Crippen LogP contribution in [0.25, 0.3) is 0 Å². The lowest BCUT2D eigenvalue weighted by Gasteiger charge is -2.22. The van der Waals surface area contributed by atoms with Gasteiger partial charge in [-0.1, -0.05) is 122 Å². The molecule has 1 atom stereocenters. The van der Waals surface area contributed by atoms with Crippen LogP contribution in [-0.2, 0) is 19.1 Å². The van der Waals surface area contributed by atoms with Gasteiger partial charge in [-0.05, 0) is 51.4 Å². The number of ether oxygens (including phenoxy) is 2. The van der Waals surface area contributed by atoms with Crippen LogP contribution in [0.15, 0.2) is 12.2 Å². The maximum Gasteiger partial charge on any atom is 0.306 e. The van der Waals surface area contributed by atoms with Gasteiger partial charge in [0.05, 0.1) is 0 Å². The van der Waals surface area contributed by atoms with Crippen LogP contribution in [0.1, 0.15) is 162 Å². The van der Waals surface area contributed by atoms with Crippen LogP contribution in [0.3, 0.4) is 0 Å². The molecule has 0 radical (unpaired) electrons. The number of hydrogen-bond donors (Lipinski definition) is 1. The van der Waals surface area contributed by atoms with E-state index >= 15 is 0 Å². The van der Waals surface area contributed by atoms with Crippen molar-refractivity contribution in [3.05, 3.63) is 12.2 Å². The van der Waals surface area contributed by atoms with Crippen LogP contribution < -0.4 is 5.73 Å². The first-order valence-corrected chi connectivity index (χ1v) is 19.1. The van der Waals surface area contributed by atoms with E-state index in [4.69, 9.17) is 15.2 Å². The normalized spacial score (nSPS) is 12.0. The van der Waals surface area contributed by atoms with E-state index in [-0.39, 0.29) is 29.7 Å². The second-order valence-corrected chi connectivity index (χ2v) is 13.0. The smallest absolute Gasteiger partial charge is 0.306 e. The molecule has 0 saturated heterocycles. The lowest BCUT2D eigenvalue weighted by atomic mass is 10.0. The Kier molecular flexibility index (Phi) is 31.7. The minimum atomic E-state index is -0.252. The summed E-state index contributed by atoms with van der Waals surface area (Å²) in [7, 11) is 0. The Morgan fingerprint density at radius 3 is 1.77 bits per heavy atom. The van der Waals surface area contributed by atoms with Crippen molar-refractivity contribution in [2.75, 3.05) is 32.0 Å². The van der Waals surface area contributed by atoms with Gasteiger partial charge in [0.2, 0.25) is 0 Å². The average Bonchev–Trinajstić information content (AvgIpc) is 3.01. The number of nitrogens with two attached hydrogens (primary N) is 1. The number of allylic oxidation sites excluding steroid dienone is 1. The van der Waals surface area contributed by atoms with E-state index in [0.717, 1.165) is 32.1 Å². The molecule has 2 N–H and O–H groups in total. The fourth-order valence-electron chi connectivity index (χ4n) is 5.08. The van der Waals surface area contributed by atoms with Gasteiger partial charge in [0, 0.05) is 38.2 Å². The molecule has 0 saturated carbocycles. The highest BCUT2D eigenvalue weighted by Gasteiger charge is 2.18. The summed E-state index contributed by atoms with van der Waals surface area (Å²) < 4.78 is 11.3. The van der Waals surface area contributed by atoms with Crippen LogP contribution >= 0.6 is 11.8 Å². The van der Waals surface area contributed by atoms with Crippen molar-refractivity contribution in [1.82, 2.24) is 4.90 Å². The lowest BCUT2D eigenvalue weighted by Crippen LogP contribution is -2.31. The van der Waals surface area contributed by atoms with Crippen molar-refractivity contribution in [2.24, 2.45) is 5.73 Å². The standard InChI is InChI=1S/C36H68N2O5S/c1-4-7-10-13-15-18-21-31-42-34(39)26-22-29-38(36(41)44-32-28-37)30-23-27-35(40)43-33(24-19-16-12-9-6-3)25-20-17-14-11-8-5-2/h18,21,33H,4-17,19-20,22-32,37H2,1-3H3/b21-18-. The third kappa shape index (κ3) is 28.0. The Hall–Kier alpha value is -1.54. The van der Waals surface area contributed by atoms with Crippen LogP contribution in [-0.4, -0.2) is 60.2 Å². The molecule has 0 bridgehead atoms. The summed E-state index contributed by atoms with van der Waals surface area (Å²) in [6, 6.07) is 0. The zero-order valence-electron chi connectivity index (χ0n) is 28.8. The fourth-order valence-corrected chi connectivity index (χ4v) is 5.74. The van der Waals surface area contributed by atoms with Crippen molar-refractivity contribution in [3.63, 3.8) is 0 Å². The number of unbranched alkanes of at least 4 members (excludes halogenated alkanes) is 13. The van der Waals surface area contributed by atoms with Gasteiger partial charge in [-0.15, -0.1) is 0 Å². The molecule has 1 unspecified atom stereocenters. The van der Waals surface area contributed by atoms with Gasteiger partial charge in [-0.3, -0.25) is 14.4 Å². The van der Waals surface area contributed by atoms with E-state index < -0.39 is 0 Å². The molecule has 0 aliphatic rings. The Balaban J connectivity index is 4.59. The molecule has 8 heteroatoms. The molecule has 1 amide bonds. The minimum absolute atomic E-state index is 0.00457. The SMILES string of the molecule is CCCCCC/C=C\COC(=O)CCCN(CCCC(=O)OC(CCCCCCC)CCCCCCCC)C(=O)SCCN. The van der Waals surface area contributed by atoms with Crippen molar-refractivity contribution in [3.8, 4) is 0 Å². The topological polar surface area (TPSA) is 98.9 Å². The first-order valence-electron chi connectivity index (χ1n) is 18.1. The summed E-state index contributed by atoms with van der Waals surface area (Å²) in [6.07, 6.45) is 26.8. The van der Waals surface area contributed by atoms with Gasteiger partial charge in [0.15, 0.2) is 0 Å². The predicted molar refractivity (Wildman–Crippen MR) is 187 cm³/mol. The molecular weight excluding hydrogens is 572 g/mol. The third-order valence-electron chi connectivity index (χ3n) is 7.76. The summed E-state index contributed by atoms with van der Waals surface area (Å²) in [5.74, 6) is 0.124. The number of rotatable bonds is 31. The number of nitrogens with zero attached hydrogens (tertiary/aromatic N) is 1. The van der Waals surface area contributed by atoms with Gasteiger partial charge in [0.25, 0.3) is 5.24 Å². The van der Waals surface area contributed by atoms with E-state index in [2.05, 4.69) is 26.8 Å². The Bertz CT molecular complexity index is 719. The summed E-state index contributed by atoms with van der Waals surface area (Å²) in [4.78, 5) is 39.5. The monoisotopic (exact) mass is 640 g/mol. The molecule has 0 rings (SSSR count). The van der Waals surface area contributed by atoms with Crippen molar-refractivity contribution < 1.29 is 23.9 Å². The van der Waals surface area contributed by atoms with Crippen molar-refractivity contribution in [1.29, 1.82) is 0 Å². The molecule has 0 aromatic rings. The van der Waals surface area contributed by atoms with E-state index in [0.29, 0.717) is 51.3 Å². The van der Waals surface area contributed by atoms with Gasteiger partial charge in [-0.25, -0.2) is 0 Å². The Morgan fingerprint density at radius 1 is 0.682 bits per heavy atom. The average molecular weight is 641 g/mol. The molecule has 7 nitrogen and oxygen atoms in total. The molecule has 0 aliphatic carbocycles. The number of esters is 2. The Morgan fingerprint density at radius 2 is 1.20 bits per heavy atom. The lowest BCUT2D eigenvalue weighted by molar-refractivity contribution is -0.150. The molecule has 0 spiro atoms. The molecule has 0 aliphatic heterocycles. The van der Waals surface area contributed by atoms with E-state index in [9.17, 15) is 14.4 Å². The zero-order chi connectivity index (χ0) is 32.5. The summed E-state index contributed by atoms with van der Waals surface area (Å²) in [5.41, 5.74) is 5.61. The highest BCUT2D eigenvalue weighted by Crippen LogP contribution is 2.18. The van der Waals surface area contributed by atoms with Gasteiger partial charge >= 0.3 is 11.9 Å². The number of carbonyl (C=O) groups excluding carboxylic acids is 3. The van der Waals surface area contributed by atoms with Crippen molar-refractivity contribution >= 4 is 28.9 Å². The third-order valence-corrected chi connectivity index (χ3v) is 8.70. The summed E-state index contributed by atoms with van der Waals surface area (Å²) >= 11 is 1.19. The maximum atomic E-state index is 12.8. The molecule has 258 valence electrons. The number of amides is 1. The van der Waals surface area contributed by atoms with Crippen LogP contribution in [0.2, 0.25) is 0 Å². The molecular formula is C36H68N2O5S. The first kappa shape index (κ1) is 42.5. The van der Waals surface area contributed by atoms with E-state index in [1.165, 1.54) is 95.2 Å². The zero-order valence-corrected chi connectivity index (χ0v) is 29.6. The molecule has 0 heterocycles. The molecule has 0 aromatic carbocycles. The molecule has 0 fully saturated rings. The number of hydrogen-bond acceptors (Lipinski definition) is 7. The molecule has 0 aromatic heterocycles. The number of thioether (sulfide) groups is 1. The van der Waals surface area contributed by atoms with E-state index in [1.807, 2.05) is 6.08 Å². The van der Waals surface area contributed by atoms with Gasteiger partial charge < -0.3 is 20.1 Å². The van der Waals surface area contributed by atoms with E-state index in [1.54, 1.807) is 4.90 Å². The fraction of sp³-hybridized carbons (Fsp3) is 0.861. The second-order valence-electron chi connectivity index (χ2n) is 12.0. The van der Waals surface area contributed by atoms with Crippen LogP contribution in [0.5, 0.6) is 0 Å². The van der Waals surface area contributed by atoms with Gasteiger partial charge in [0.1, 0.15) is 12.7 Å². The summed E-state index contributed by atoms with van der Waals surface area (Å²) in [6.45, 7) is 8.28. The van der Waals surface area contributed by atoms with Crippen LogP contribution in [0, 0.1) is 0 Å². The van der Waals surface area contributed by atoms with Gasteiger partial charge in [-0.2, -0.15) is 0 Å². The highest BCUT2D eigenvalue weighted by molar-refractivity contribution is 8.13. The maximum absolute atomic E-state index is 12.8. The first-order chi connectivity index (χ1) is 21.5. The quantitative estimate of drug-likeness (QED) is 0.0457. The number of carbonyl (C=O) groups is 3. The predicted octanol–water partition coefficient (Wildman–Crippen LogP) is 9.75. The molecule has 44 heavy (non-hydrogen) atoms. The highest BCUT2D eigenvalue weighted by atomic mass is 32.2. The van der Waals surface area contributed by atoms with Crippen molar-refractivity contribution in [2.45, 2.75) is 168 Å². The largest absolute Gasteiger partial charge is 0.462 e. The Labute approximate surface area is 275 Å². The van der Waals surface area contributed by atoms with Crippen LogP contribution in [0.4, 0.5) is 4.79 Å².